The maximum Gasteiger partial charge on any atom is 0.273 e. The molecule has 0 spiro atoms. The number of carbonyl (C=O) groups excluding carboxylic acids is 2. The Morgan fingerprint density at radius 3 is 2.56 bits per heavy atom. The van der Waals surface area contributed by atoms with Gasteiger partial charge in [0.15, 0.2) is 11.5 Å². The molecule has 27 heavy (non-hydrogen) atoms. The molecule has 1 aliphatic carbocycles. The van der Waals surface area contributed by atoms with E-state index in [1.165, 1.54) is 12.8 Å². The van der Waals surface area contributed by atoms with Crippen molar-refractivity contribution in [1.82, 2.24) is 15.4 Å². The zero-order valence-corrected chi connectivity index (χ0v) is 16.0. The van der Waals surface area contributed by atoms with Crippen LogP contribution >= 0.6 is 0 Å². The molecule has 1 aromatic heterocycles. The van der Waals surface area contributed by atoms with Crippen LogP contribution in [0.25, 0.3) is 0 Å². The van der Waals surface area contributed by atoms with Crippen molar-refractivity contribution < 1.29 is 14.1 Å². The maximum absolute atomic E-state index is 13.0. The number of carbonyl (C=O) groups is 2. The highest BCUT2D eigenvalue weighted by atomic mass is 16.5. The van der Waals surface area contributed by atoms with Crippen molar-refractivity contribution >= 4 is 11.8 Å². The Labute approximate surface area is 159 Å². The van der Waals surface area contributed by atoms with E-state index in [4.69, 9.17) is 4.52 Å². The molecule has 0 radical (unpaired) electrons. The smallest absolute Gasteiger partial charge is 0.273 e. The third-order valence-corrected chi connectivity index (χ3v) is 5.03. The van der Waals surface area contributed by atoms with Gasteiger partial charge < -0.3 is 14.7 Å². The highest BCUT2D eigenvalue weighted by Gasteiger charge is 2.26. The summed E-state index contributed by atoms with van der Waals surface area (Å²) in [4.78, 5) is 27.0. The number of benzene rings is 1. The van der Waals surface area contributed by atoms with Crippen LogP contribution in [0.15, 0.2) is 40.9 Å². The molecule has 1 N–H and O–H groups in total. The van der Waals surface area contributed by atoms with Gasteiger partial charge in [-0.1, -0.05) is 37.2 Å². The van der Waals surface area contributed by atoms with E-state index in [1.807, 2.05) is 35.2 Å². The summed E-state index contributed by atoms with van der Waals surface area (Å²) in [5, 5.41) is 6.76. The third kappa shape index (κ3) is 4.96. The van der Waals surface area contributed by atoms with Crippen LogP contribution in [0.5, 0.6) is 0 Å². The second-order valence-corrected chi connectivity index (χ2v) is 7.10. The lowest BCUT2D eigenvalue weighted by Crippen LogP contribution is -2.39. The monoisotopic (exact) mass is 369 g/mol. The Hall–Kier alpha value is -2.63. The number of rotatable bonds is 9. The molecule has 0 atom stereocenters. The largest absolute Gasteiger partial charge is 0.359 e. The first-order valence-electron chi connectivity index (χ1n) is 9.72. The number of nitrogens with one attached hydrogen (secondary N) is 1. The highest BCUT2D eigenvalue weighted by molar-refractivity contribution is 5.94. The number of aromatic nitrogens is 1. The van der Waals surface area contributed by atoms with Crippen molar-refractivity contribution in [3.63, 3.8) is 0 Å². The molecule has 2 aromatic rings. The van der Waals surface area contributed by atoms with Crippen LogP contribution in [-0.4, -0.2) is 34.5 Å². The molecule has 0 aliphatic heterocycles. The number of hydrogen-bond acceptors (Lipinski definition) is 4. The van der Waals surface area contributed by atoms with Gasteiger partial charge >= 0.3 is 0 Å². The van der Waals surface area contributed by atoms with Gasteiger partial charge in [0.25, 0.3) is 11.8 Å². The Balaban J connectivity index is 1.71. The first-order chi connectivity index (χ1) is 13.1. The van der Waals surface area contributed by atoms with Gasteiger partial charge in [0.05, 0.1) is 6.54 Å². The molecule has 6 heteroatoms. The van der Waals surface area contributed by atoms with Gasteiger partial charge in [-0.05, 0) is 43.7 Å². The van der Waals surface area contributed by atoms with E-state index < -0.39 is 0 Å². The summed E-state index contributed by atoms with van der Waals surface area (Å²) >= 11 is 0. The summed E-state index contributed by atoms with van der Waals surface area (Å²) in [6.45, 7) is 5.11. The summed E-state index contributed by atoms with van der Waals surface area (Å²) in [5.41, 5.74) is 0.911. The average molecular weight is 369 g/mol. The lowest BCUT2D eigenvalue weighted by molar-refractivity contribution is 0.0627. The molecule has 0 saturated heterocycles. The van der Waals surface area contributed by atoms with Crippen molar-refractivity contribution in [3.05, 3.63) is 53.4 Å². The molecule has 1 heterocycles. The first-order valence-corrected chi connectivity index (χ1v) is 9.72. The number of amides is 2. The van der Waals surface area contributed by atoms with Crippen molar-refractivity contribution in [2.24, 2.45) is 5.92 Å². The van der Waals surface area contributed by atoms with Crippen LogP contribution in [-0.2, 0) is 6.54 Å². The predicted octanol–water partition coefficient (Wildman–Crippen LogP) is 3.65. The van der Waals surface area contributed by atoms with Crippen molar-refractivity contribution in [3.8, 4) is 0 Å². The van der Waals surface area contributed by atoms with Crippen molar-refractivity contribution in [1.29, 1.82) is 0 Å². The van der Waals surface area contributed by atoms with Gasteiger partial charge in [-0.2, -0.15) is 0 Å². The minimum Gasteiger partial charge on any atom is -0.359 e. The molecule has 6 nitrogen and oxygen atoms in total. The third-order valence-electron chi connectivity index (χ3n) is 5.03. The van der Waals surface area contributed by atoms with E-state index in [1.54, 1.807) is 6.07 Å². The van der Waals surface area contributed by atoms with Crippen molar-refractivity contribution in [2.75, 3.05) is 6.54 Å². The van der Waals surface area contributed by atoms with E-state index in [0.717, 1.165) is 12.8 Å². The van der Waals surface area contributed by atoms with Crippen LogP contribution in [0.3, 0.4) is 0 Å². The highest BCUT2D eigenvalue weighted by Crippen LogP contribution is 2.27. The molecular formula is C21H27N3O3. The fourth-order valence-electron chi connectivity index (χ4n) is 3.15. The minimum atomic E-state index is -0.222. The molecule has 2 amide bonds. The second-order valence-electron chi connectivity index (χ2n) is 7.10. The van der Waals surface area contributed by atoms with Crippen LogP contribution < -0.4 is 5.32 Å². The Kier molecular flexibility index (Phi) is 6.27. The van der Waals surface area contributed by atoms with Gasteiger partial charge in [0.1, 0.15) is 0 Å². The molecular weight excluding hydrogens is 342 g/mol. The zero-order valence-electron chi connectivity index (χ0n) is 16.0. The van der Waals surface area contributed by atoms with Crippen LogP contribution in [0, 0.1) is 5.92 Å². The van der Waals surface area contributed by atoms with Crippen LogP contribution in [0.4, 0.5) is 0 Å². The standard InChI is InChI=1S/C21H27N3O3/c1-3-17(4-2)24(21(26)16-8-6-5-7-9-16)14-18-12-19(23-27-18)20(25)22-13-15-10-11-15/h5-9,12,15,17H,3-4,10-11,13-14H2,1-2H3,(H,22,25). The van der Waals surface area contributed by atoms with E-state index in [0.29, 0.717) is 30.3 Å². The van der Waals surface area contributed by atoms with Gasteiger partial charge in [-0.25, -0.2) is 0 Å². The molecule has 0 unspecified atom stereocenters. The predicted molar refractivity (Wildman–Crippen MR) is 102 cm³/mol. The molecule has 144 valence electrons. The summed E-state index contributed by atoms with van der Waals surface area (Å²) in [5.74, 6) is 0.859. The van der Waals surface area contributed by atoms with E-state index >= 15 is 0 Å². The average Bonchev–Trinajstić information content (AvgIpc) is 3.42. The summed E-state index contributed by atoms with van der Waals surface area (Å²) in [6, 6.07) is 11.0. The van der Waals surface area contributed by atoms with E-state index in [-0.39, 0.29) is 23.6 Å². The molecule has 1 fully saturated rings. The van der Waals surface area contributed by atoms with Gasteiger partial charge in [0, 0.05) is 24.2 Å². The maximum atomic E-state index is 13.0. The zero-order chi connectivity index (χ0) is 19.2. The topological polar surface area (TPSA) is 75.4 Å². The Morgan fingerprint density at radius 1 is 1.22 bits per heavy atom. The minimum absolute atomic E-state index is 0.0413. The molecule has 1 aliphatic rings. The fraction of sp³-hybridized carbons (Fsp3) is 0.476. The Morgan fingerprint density at radius 2 is 1.93 bits per heavy atom. The summed E-state index contributed by atoms with van der Waals surface area (Å²) in [7, 11) is 0. The van der Waals surface area contributed by atoms with Gasteiger partial charge in [-0.15, -0.1) is 0 Å². The van der Waals surface area contributed by atoms with Crippen LogP contribution in [0.1, 0.15) is 66.1 Å². The lowest BCUT2D eigenvalue weighted by Gasteiger charge is -2.29. The lowest BCUT2D eigenvalue weighted by atomic mass is 10.1. The molecule has 3 rings (SSSR count). The summed E-state index contributed by atoms with van der Waals surface area (Å²) < 4.78 is 5.36. The SMILES string of the molecule is CCC(CC)N(Cc1cc(C(=O)NCC2CC2)no1)C(=O)c1ccccc1. The summed E-state index contributed by atoms with van der Waals surface area (Å²) in [6.07, 6.45) is 4.04. The van der Waals surface area contributed by atoms with Crippen LogP contribution in [0.2, 0.25) is 0 Å². The first kappa shape index (κ1) is 19.1. The van der Waals surface area contributed by atoms with Gasteiger partial charge in [0.2, 0.25) is 0 Å². The normalized spacial score (nSPS) is 13.6. The Bertz CT molecular complexity index is 764. The molecule has 1 aromatic carbocycles. The van der Waals surface area contributed by atoms with Gasteiger partial charge in [-0.3, -0.25) is 9.59 Å². The number of nitrogens with zero attached hydrogens (tertiary/aromatic N) is 2. The molecule has 0 bridgehead atoms. The second kappa shape index (κ2) is 8.84. The molecule has 1 saturated carbocycles. The fourth-order valence-corrected chi connectivity index (χ4v) is 3.15. The number of hydrogen-bond donors (Lipinski definition) is 1. The van der Waals surface area contributed by atoms with E-state index in [2.05, 4.69) is 24.3 Å². The van der Waals surface area contributed by atoms with E-state index in [9.17, 15) is 9.59 Å². The van der Waals surface area contributed by atoms with Crippen molar-refractivity contribution in [2.45, 2.75) is 52.1 Å². The quantitative estimate of drug-likeness (QED) is 0.732.